The Morgan fingerprint density at radius 2 is 1.45 bits per heavy atom. The minimum atomic E-state index is -0.799. The van der Waals surface area contributed by atoms with E-state index in [4.69, 9.17) is 23.7 Å². The second-order valence-corrected chi connectivity index (χ2v) is 12.8. The highest BCUT2D eigenvalue weighted by Crippen LogP contribution is 2.27. The zero-order valence-electron chi connectivity index (χ0n) is 28.1. The van der Waals surface area contributed by atoms with Gasteiger partial charge in [0.05, 0.1) is 43.7 Å². The quantitative estimate of drug-likeness (QED) is 0.0686. The number of hydrogen-bond donors (Lipinski definition) is 0. The molecule has 0 radical (unpaired) electrons. The first-order chi connectivity index (χ1) is 22.8. The highest BCUT2D eigenvalue weighted by Gasteiger charge is 2.33. The van der Waals surface area contributed by atoms with Crippen LogP contribution in [0.3, 0.4) is 0 Å². The molecule has 0 bridgehead atoms. The molecular weight excluding hydrogens is 599 g/mol. The van der Waals surface area contributed by atoms with Crippen LogP contribution in [0.15, 0.2) is 66.7 Å². The lowest BCUT2D eigenvalue weighted by Gasteiger charge is -2.37. The Morgan fingerprint density at radius 3 is 2.09 bits per heavy atom. The van der Waals surface area contributed by atoms with Gasteiger partial charge < -0.3 is 23.7 Å². The van der Waals surface area contributed by atoms with Crippen LogP contribution < -0.4 is 9.47 Å². The molecule has 0 amide bonds. The molecule has 0 aliphatic carbocycles. The maximum absolute atomic E-state index is 14.7. The minimum absolute atomic E-state index is 0.00920. The van der Waals surface area contributed by atoms with E-state index in [0.717, 1.165) is 107 Å². The van der Waals surface area contributed by atoms with Gasteiger partial charge in [0.15, 0.2) is 0 Å². The second-order valence-electron chi connectivity index (χ2n) is 12.8. The Kier molecular flexibility index (Phi) is 14.2. The molecule has 1 fully saturated rings. The van der Waals surface area contributed by atoms with Gasteiger partial charge in [0, 0.05) is 18.1 Å². The summed E-state index contributed by atoms with van der Waals surface area (Å²) in [4.78, 5) is 25.2. The van der Waals surface area contributed by atoms with Crippen LogP contribution in [0.1, 0.15) is 99.3 Å². The highest BCUT2D eigenvalue weighted by molar-refractivity contribution is 5.92. The van der Waals surface area contributed by atoms with Crippen molar-refractivity contribution in [3.63, 3.8) is 0 Å². The molecule has 1 aliphatic heterocycles. The smallest absolute Gasteiger partial charge is 0.343 e. The SMILES string of the molecule is CCCCCC[C@@H](C)OC(=O)c1ccc(OC(=O)c2ccc(-c3ccc(OCCCCCCOCC4(C)COC4)cc3)cc2)cc1F. The third-order valence-electron chi connectivity index (χ3n) is 8.26. The Morgan fingerprint density at radius 1 is 0.809 bits per heavy atom. The average Bonchev–Trinajstić information content (AvgIpc) is 3.05. The zero-order valence-corrected chi connectivity index (χ0v) is 28.1. The topological polar surface area (TPSA) is 80.3 Å². The fourth-order valence-electron chi connectivity index (χ4n) is 5.30. The molecule has 47 heavy (non-hydrogen) atoms. The molecular formula is C39H49FO7. The Hall–Kier alpha value is -3.75. The average molecular weight is 649 g/mol. The first kappa shape index (κ1) is 36.1. The van der Waals surface area contributed by atoms with Crippen molar-refractivity contribution in [3.8, 4) is 22.6 Å². The van der Waals surface area contributed by atoms with Gasteiger partial charge in [-0.25, -0.2) is 14.0 Å². The lowest BCUT2D eigenvalue weighted by Crippen LogP contribution is -2.43. The van der Waals surface area contributed by atoms with Crippen LogP contribution in [0.25, 0.3) is 11.1 Å². The Labute approximate surface area is 278 Å². The summed E-state index contributed by atoms with van der Waals surface area (Å²) in [6, 6.07) is 18.6. The molecule has 3 aromatic carbocycles. The van der Waals surface area contributed by atoms with E-state index >= 15 is 0 Å². The van der Waals surface area contributed by atoms with Gasteiger partial charge in [0.25, 0.3) is 0 Å². The number of unbranched alkanes of at least 4 members (excludes halogenated alkanes) is 6. The molecule has 0 spiro atoms. The van der Waals surface area contributed by atoms with Crippen LogP contribution in [0, 0.1) is 11.2 Å². The van der Waals surface area contributed by atoms with E-state index in [0.29, 0.717) is 12.2 Å². The number of esters is 2. The number of ether oxygens (including phenoxy) is 5. The van der Waals surface area contributed by atoms with Gasteiger partial charge >= 0.3 is 11.9 Å². The van der Waals surface area contributed by atoms with Crippen molar-refractivity contribution < 1.29 is 37.7 Å². The van der Waals surface area contributed by atoms with Gasteiger partial charge in [-0.1, -0.05) is 63.8 Å². The molecule has 1 aliphatic rings. The summed E-state index contributed by atoms with van der Waals surface area (Å²) in [5.41, 5.74) is 2.27. The Balaban J connectivity index is 1.16. The fourth-order valence-corrected chi connectivity index (χ4v) is 5.30. The van der Waals surface area contributed by atoms with Crippen molar-refractivity contribution >= 4 is 11.9 Å². The molecule has 3 aromatic rings. The maximum atomic E-state index is 14.7. The zero-order chi connectivity index (χ0) is 33.5. The maximum Gasteiger partial charge on any atom is 0.343 e. The third-order valence-corrected chi connectivity index (χ3v) is 8.26. The lowest BCUT2D eigenvalue weighted by atomic mass is 9.90. The molecule has 1 heterocycles. The number of carbonyl (C=O) groups excluding carboxylic acids is 2. The van der Waals surface area contributed by atoms with Gasteiger partial charge in [0.1, 0.15) is 17.3 Å². The Bertz CT molecular complexity index is 1400. The van der Waals surface area contributed by atoms with E-state index in [-0.39, 0.29) is 22.8 Å². The molecule has 254 valence electrons. The summed E-state index contributed by atoms with van der Waals surface area (Å²) in [5.74, 6) is -1.32. The van der Waals surface area contributed by atoms with Crippen LogP contribution in [0.2, 0.25) is 0 Å². The van der Waals surface area contributed by atoms with Gasteiger partial charge in [-0.05, 0) is 86.6 Å². The van der Waals surface area contributed by atoms with Crippen LogP contribution in [-0.2, 0) is 14.2 Å². The number of hydrogen-bond acceptors (Lipinski definition) is 7. The number of halogens is 1. The van der Waals surface area contributed by atoms with Crippen LogP contribution in [0.5, 0.6) is 11.5 Å². The molecule has 1 atom stereocenters. The molecule has 0 saturated carbocycles. The molecule has 1 saturated heterocycles. The molecule has 0 aromatic heterocycles. The summed E-state index contributed by atoms with van der Waals surface area (Å²) < 4.78 is 42.4. The summed E-state index contributed by atoms with van der Waals surface area (Å²) in [7, 11) is 0. The standard InChI is InChI=1S/C39H49FO7/c1-4-5-6-9-12-29(2)46-38(42)35-22-21-34(25-36(35)40)47-37(41)32-15-13-30(14-16-32)31-17-19-33(20-18-31)45-24-11-8-7-10-23-43-26-39(3)27-44-28-39/h13-22,25,29H,4-12,23-24,26-28H2,1-3H3/t29-/m1/s1. The lowest BCUT2D eigenvalue weighted by molar-refractivity contribution is -0.137. The minimum Gasteiger partial charge on any atom is -0.494 e. The summed E-state index contributed by atoms with van der Waals surface area (Å²) in [5, 5.41) is 0. The second kappa shape index (κ2) is 18.6. The summed E-state index contributed by atoms with van der Waals surface area (Å²) in [6.45, 7) is 9.99. The normalized spacial score (nSPS) is 14.2. The van der Waals surface area contributed by atoms with E-state index < -0.39 is 17.8 Å². The van der Waals surface area contributed by atoms with E-state index in [2.05, 4.69) is 13.8 Å². The molecule has 8 heteroatoms. The first-order valence-electron chi connectivity index (χ1n) is 17.0. The number of rotatable bonds is 20. The largest absolute Gasteiger partial charge is 0.494 e. The van der Waals surface area contributed by atoms with Gasteiger partial charge in [-0.15, -0.1) is 0 Å². The van der Waals surface area contributed by atoms with Crippen molar-refractivity contribution in [1.82, 2.24) is 0 Å². The predicted octanol–water partition coefficient (Wildman–Crippen LogP) is 9.22. The van der Waals surface area contributed by atoms with Crippen molar-refractivity contribution in [3.05, 3.63) is 83.7 Å². The van der Waals surface area contributed by atoms with Crippen LogP contribution in [0.4, 0.5) is 4.39 Å². The molecule has 0 N–H and O–H groups in total. The summed E-state index contributed by atoms with van der Waals surface area (Å²) >= 11 is 0. The monoisotopic (exact) mass is 648 g/mol. The van der Waals surface area contributed by atoms with Crippen LogP contribution >= 0.6 is 0 Å². The fraction of sp³-hybridized carbons (Fsp3) is 0.487. The molecule has 4 rings (SSSR count). The number of carbonyl (C=O) groups is 2. The van der Waals surface area contributed by atoms with Gasteiger partial charge in [0.2, 0.25) is 0 Å². The van der Waals surface area contributed by atoms with E-state index in [9.17, 15) is 14.0 Å². The van der Waals surface area contributed by atoms with Gasteiger partial charge in [-0.3, -0.25) is 0 Å². The molecule has 0 unspecified atom stereocenters. The number of benzene rings is 3. The van der Waals surface area contributed by atoms with E-state index in [1.165, 1.54) is 12.1 Å². The van der Waals surface area contributed by atoms with Gasteiger partial charge in [-0.2, -0.15) is 0 Å². The molecule has 7 nitrogen and oxygen atoms in total. The van der Waals surface area contributed by atoms with Crippen molar-refractivity contribution in [2.24, 2.45) is 5.41 Å². The van der Waals surface area contributed by atoms with Crippen molar-refractivity contribution in [2.75, 3.05) is 33.0 Å². The van der Waals surface area contributed by atoms with E-state index in [1.54, 1.807) is 12.1 Å². The summed E-state index contributed by atoms with van der Waals surface area (Å²) in [6.07, 6.45) is 9.00. The first-order valence-corrected chi connectivity index (χ1v) is 17.0. The highest BCUT2D eigenvalue weighted by atomic mass is 19.1. The van der Waals surface area contributed by atoms with Crippen molar-refractivity contribution in [2.45, 2.75) is 84.7 Å². The van der Waals surface area contributed by atoms with Crippen molar-refractivity contribution in [1.29, 1.82) is 0 Å². The predicted molar refractivity (Wildman–Crippen MR) is 181 cm³/mol. The van der Waals surface area contributed by atoms with E-state index in [1.807, 2.05) is 43.3 Å². The van der Waals surface area contributed by atoms with Crippen LogP contribution in [-0.4, -0.2) is 51.1 Å². The third kappa shape index (κ3) is 11.8.